The highest BCUT2D eigenvalue weighted by Gasteiger charge is 2.27. The number of nitrogens with two attached hydrogens (primary N) is 1. The van der Waals surface area contributed by atoms with Crippen molar-refractivity contribution in [1.82, 2.24) is 0 Å². The fourth-order valence-corrected chi connectivity index (χ4v) is 3.26. The Kier molecular flexibility index (Phi) is 8.93. The highest BCUT2D eigenvalue weighted by atomic mass is 35.5. The number of ether oxygens (including phenoxy) is 1. The molecule has 1 saturated carbocycles. The minimum atomic E-state index is -0.371. The lowest BCUT2D eigenvalue weighted by Gasteiger charge is -2.14. The van der Waals surface area contributed by atoms with E-state index in [0.29, 0.717) is 24.3 Å². The van der Waals surface area contributed by atoms with Gasteiger partial charge in [-0.05, 0) is 50.3 Å². The van der Waals surface area contributed by atoms with Crippen LogP contribution in [0.4, 0.5) is 15.8 Å². The van der Waals surface area contributed by atoms with E-state index < -0.39 is 0 Å². The van der Waals surface area contributed by atoms with Crippen molar-refractivity contribution in [2.24, 2.45) is 11.7 Å². The summed E-state index contributed by atoms with van der Waals surface area (Å²) in [6.07, 6.45) is 4.60. The highest BCUT2D eigenvalue weighted by Crippen LogP contribution is 2.26. The van der Waals surface area contributed by atoms with Crippen molar-refractivity contribution in [3.05, 3.63) is 24.0 Å². The summed E-state index contributed by atoms with van der Waals surface area (Å²) in [5.41, 5.74) is 6.74. The largest absolute Gasteiger partial charge is 0.380 e. The molecule has 4 N–H and O–H groups in total. The molecule has 3 rings (SSSR count). The van der Waals surface area contributed by atoms with Crippen molar-refractivity contribution < 1.29 is 13.9 Å². The zero-order valence-electron chi connectivity index (χ0n) is 14.0. The Bertz CT molecular complexity index is 571. The summed E-state index contributed by atoms with van der Waals surface area (Å²) in [4.78, 5) is 12.1. The summed E-state index contributed by atoms with van der Waals surface area (Å²) in [5.74, 6) is -0.508. The number of halogens is 3. The number of hydrogen-bond donors (Lipinski definition) is 3. The van der Waals surface area contributed by atoms with Crippen LogP contribution in [0.5, 0.6) is 0 Å². The van der Waals surface area contributed by atoms with Crippen molar-refractivity contribution in [2.75, 3.05) is 23.8 Å². The average molecular weight is 394 g/mol. The molecule has 0 spiro atoms. The third-order valence-electron chi connectivity index (χ3n) is 4.62. The van der Waals surface area contributed by atoms with Crippen LogP contribution in [0, 0.1) is 11.7 Å². The molecular weight excluding hydrogens is 368 g/mol. The maximum absolute atomic E-state index is 14.1. The summed E-state index contributed by atoms with van der Waals surface area (Å²) in [6, 6.07) is 4.82. The molecule has 2 aliphatic rings. The van der Waals surface area contributed by atoms with Gasteiger partial charge in [-0.3, -0.25) is 4.79 Å². The van der Waals surface area contributed by atoms with Gasteiger partial charge in [0.1, 0.15) is 5.82 Å². The topological polar surface area (TPSA) is 76.4 Å². The van der Waals surface area contributed by atoms with E-state index in [-0.39, 0.29) is 54.6 Å². The lowest BCUT2D eigenvalue weighted by Crippen LogP contribution is -2.23. The van der Waals surface area contributed by atoms with Crippen LogP contribution in [-0.4, -0.2) is 31.2 Å². The van der Waals surface area contributed by atoms with Gasteiger partial charge in [-0.2, -0.15) is 0 Å². The third-order valence-corrected chi connectivity index (χ3v) is 4.62. The van der Waals surface area contributed by atoms with Gasteiger partial charge in [0.15, 0.2) is 0 Å². The van der Waals surface area contributed by atoms with E-state index in [9.17, 15) is 9.18 Å². The predicted octanol–water partition coefficient (Wildman–Crippen LogP) is 3.33. The van der Waals surface area contributed by atoms with Crippen LogP contribution in [0.1, 0.15) is 32.1 Å². The maximum atomic E-state index is 14.1. The molecule has 5 nitrogen and oxygen atoms in total. The SMILES string of the molecule is Cl.Cl.NC1CCC(C(=O)Nc2ccc(NCC3CCCO3)c(F)c2)C1. The van der Waals surface area contributed by atoms with Gasteiger partial charge in [0.25, 0.3) is 0 Å². The smallest absolute Gasteiger partial charge is 0.227 e. The van der Waals surface area contributed by atoms with E-state index in [1.54, 1.807) is 12.1 Å². The average Bonchev–Trinajstić information content (AvgIpc) is 3.18. The number of carbonyl (C=O) groups is 1. The quantitative estimate of drug-likeness (QED) is 0.716. The lowest BCUT2D eigenvalue weighted by molar-refractivity contribution is -0.119. The number of rotatable bonds is 5. The molecule has 1 aliphatic heterocycles. The zero-order chi connectivity index (χ0) is 16.2. The van der Waals surface area contributed by atoms with Crippen LogP contribution >= 0.6 is 24.8 Å². The fourth-order valence-electron chi connectivity index (χ4n) is 3.26. The zero-order valence-corrected chi connectivity index (χ0v) is 15.6. The standard InChI is InChI=1S/C17H24FN3O2.2ClH/c18-15-9-13(21-17(22)11-3-4-12(19)8-11)5-6-16(15)20-10-14-2-1-7-23-14;;/h5-6,9,11-12,14,20H,1-4,7-8,10,19H2,(H,21,22);2*1H. The molecule has 1 heterocycles. The second kappa shape index (κ2) is 10.2. The van der Waals surface area contributed by atoms with Crippen molar-refractivity contribution in [3.63, 3.8) is 0 Å². The third kappa shape index (κ3) is 5.99. The second-order valence-corrected chi connectivity index (χ2v) is 6.47. The van der Waals surface area contributed by atoms with Crippen LogP contribution < -0.4 is 16.4 Å². The Morgan fingerprint density at radius 1 is 1.28 bits per heavy atom. The minimum absolute atomic E-state index is 0. The molecule has 3 unspecified atom stereocenters. The Labute approximate surface area is 160 Å². The molecule has 142 valence electrons. The van der Waals surface area contributed by atoms with E-state index in [0.717, 1.165) is 32.3 Å². The monoisotopic (exact) mass is 393 g/mol. The molecule has 1 aromatic carbocycles. The molecule has 1 aliphatic carbocycles. The summed E-state index contributed by atoms with van der Waals surface area (Å²) < 4.78 is 19.6. The van der Waals surface area contributed by atoms with Gasteiger partial charge in [0.05, 0.1) is 11.8 Å². The van der Waals surface area contributed by atoms with Crippen LogP contribution in [0.3, 0.4) is 0 Å². The Balaban J connectivity index is 0.00000156. The van der Waals surface area contributed by atoms with Crippen LogP contribution in [0.2, 0.25) is 0 Å². The molecule has 0 aromatic heterocycles. The van der Waals surface area contributed by atoms with Crippen LogP contribution in [0.25, 0.3) is 0 Å². The number of amides is 1. The molecule has 2 fully saturated rings. The first-order valence-electron chi connectivity index (χ1n) is 8.33. The van der Waals surface area contributed by atoms with E-state index >= 15 is 0 Å². The van der Waals surface area contributed by atoms with Gasteiger partial charge in [-0.1, -0.05) is 0 Å². The van der Waals surface area contributed by atoms with E-state index in [1.807, 2.05) is 0 Å². The van der Waals surface area contributed by atoms with E-state index in [1.165, 1.54) is 6.07 Å². The van der Waals surface area contributed by atoms with Crippen LogP contribution in [0.15, 0.2) is 18.2 Å². The molecule has 1 aromatic rings. The summed E-state index contributed by atoms with van der Waals surface area (Å²) in [5, 5.41) is 5.85. The van der Waals surface area contributed by atoms with Gasteiger partial charge < -0.3 is 21.1 Å². The lowest BCUT2D eigenvalue weighted by atomic mass is 10.1. The van der Waals surface area contributed by atoms with Crippen molar-refractivity contribution in [2.45, 2.75) is 44.2 Å². The predicted molar refractivity (Wildman–Crippen MR) is 102 cm³/mol. The normalized spacial score (nSPS) is 25.0. The summed E-state index contributed by atoms with van der Waals surface area (Å²) >= 11 is 0. The highest BCUT2D eigenvalue weighted by molar-refractivity contribution is 5.93. The first-order valence-corrected chi connectivity index (χ1v) is 8.33. The molecule has 0 radical (unpaired) electrons. The maximum Gasteiger partial charge on any atom is 0.227 e. The first-order chi connectivity index (χ1) is 11.1. The number of anilines is 2. The number of carbonyl (C=O) groups excluding carboxylic acids is 1. The van der Waals surface area contributed by atoms with Gasteiger partial charge >= 0.3 is 0 Å². The molecule has 25 heavy (non-hydrogen) atoms. The van der Waals surface area contributed by atoms with Gasteiger partial charge in [-0.15, -0.1) is 24.8 Å². The van der Waals surface area contributed by atoms with Crippen molar-refractivity contribution in [3.8, 4) is 0 Å². The molecule has 3 atom stereocenters. The molecule has 8 heteroatoms. The second-order valence-electron chi connectivity index (χ2n) is 6.47. The Hall–Kier alpha value is -1.08. The molecule has 1 amide bonds. The van der Waals surface area contributed by atoms with Gasteiger partial charge in [0, 0.05) is 30.8 Å². The van der Waals surface area contributed by atoms with E-state index in [4.69, 9.17) is 10.5 Å². The fraction of sp³-hybridized carbons (Fsp3) is 0.588. The van der Waals surface area contributed by atoms with Crippen molar-refractivity contribution in [1.29, 1.82) is 0 Å². The number of hydrogen-bond acceptors (Lipinski definition) is 4. The van der Waals surface area contributed by atoms with Crippen LogP contribution in [-0.2, 0) is 9.53 Å². The first kappa shape index (κ1) is 22.0. The summed E-state index contributed by atoms with van der Waals surface area (Å²) in [7, 11) is 0. The molecular formula is C17H26Cl2FN3O2. The minimum Gasteiger partial charge on any atom is -0.380 e. The van der Waals surface area contributed by atoms with Gasteiger partial charge in [-0.25, -0.2) is 4.39 Å². The molecule has 1 saturated heterocycles. The van der Waals surface area contributed by atoms with Crippen molar-refractivity contribution >= 4 is 42.1 Å². The summed E-state index contributed by atoms with van der Waals surface area (Å²) in [6.45, 7) is 1.38. The van der Waals surface area contributed by atoms with E-state index in [2.05, 4.69) is 10.6 Å². The molecule has 0 bridgehead atoms. The Morgan fingerprint density at radius 2 is 2.08 bits per heavy atom. The number of nitrogens with one attached hydrogen (secondary N) is 2. The van der Waals surface area contributed by atoms with Gasteiger partial charge in [0.2, 0.25) is 5.91 Å². The Morgan fingerprint density at radius 3 is 2.68 bits per heavy atom. The number of benzene rings is 1.